The van der Waals surface area contributed by atoms with Gasteiger partial charge in [-0.1, -0.05) is 12.1 Å². The molecule has 1 aliphatic heterocycles. The molecule has 0 spiro atoms. The molecule has 0 saturated carbocycles. The number of hydrogen-bond acceptors (Lipinski definition) is 5. The van der Waals surface area contributed by atoms with Crippen LogP contribution in [0.3, 0.4) is 0 Å². The molecular weight excluding hydrogens is 532 g/mol. The van der Waals surface area contributed by atoms with Crippen molar-refractivity contribution in [2.24, 2.45) is 11.8 Å². The molecule has 0 bridgehead atoms. The lowest BCUT2D eigenvalue weighted by atomic mass is 9.79. The molecule has 1 saturated heterocycles. The van der Waals surface area contributed by atoms with Crippen LogP contribution in [0.1, 0.15) is 43.0 Å². The summed E-state index contributed by atoms with van der Waals surface area (Å²) in [7, 11) is 1.55. The topological polar surface area (TPSA) is 62.7 Å². The van der Waals surface area contributed by atoms with E-state index in [0.717, 1.165) is 24.2 Å². The third-order valence-electron chi connectivity index (χ3n) is 7.38. The lowest BCUT2D eigenvalue weighted by molar-refractivity contribution is -0.140. The summed E-state index contributed by atoms with van der Waals surface area (Å²) in [4.78, 5) is 18.2. The van der Waals surface area contributed by atoms with E-state index < -0.39 is 23.9 Å². The molecule has 39 heavy (non-hydrogen) atoms. The minimum Gasteiger partial charge on any atom is -0.497 e. The summed E-state index contributed by atoms with van der Waals surface area (Å²) in [6.07, 6.45) is -2.52. The van der Waals surface area contributed by atoms with Crippen molar-refractivity contribution < 1.29 is 32.2 Å². The Bertz CT molecular complexity index is 1270. The van der Waals surface area contributed by atoms with Gasteiger partial charge in [0, 0.05) is 41.7 Å². The van der Waals surface area contributed by atoms with Crippen molar-refractivity contribution in [2.45, 2.75) is 42.9 Å². The van der Waals surface area contributed by atoms with E-state index in [1.807, 2.05) is 0 Å². The molecule has 0 amide bonds. The van der Waals surface area contributed by atoms with Gasteiger partial charge in [0.05, 0.1) is 18.2 Å². The lowest BCUT2D eigenvalue weighted by Crippen LogP contribution is -2.42. The van der Waals surface area contributed by atoms with Crippen LogP contribution in [0.4, 0.5) is 17.6 Å². The zero-order chi connectivity index (χ0) is 28.0. The van der Waals surface area contributed by atoms with Crippen LogP contribution in [0.5, 0.6) is 5.75 Å². The number of alkyl halides is 4. The molecule has 1 aromatic heterocycles. The van der Waals surface area contributed by atoms with Gasteiger partial charge < -0.3 is 14.7 Å². The van der Waals surface area contributed by atoms with Crippen molar-refractivity contribution in [1.29, 1.82) is 0 Å². The fourth-order valence-electron chi connectivity index (χ4n) is 5.37. The second kappa shape index (κ2) is 13.0. The summed E-state index contributed by atoms with van der Waals surface area (Å²) in [6, 6.07) is 12.6. The molecular formula is C29H32F4N2O3S. The van der Waals surface area contributed by atoms with Gasteiger partial charge in [-0.2, -0.15) is 13.2 Å². The number of likely N-dealkylation sites (tertiary alicyclic amines) is 1. The molecule has 1 N–H and O–H groups in total. The summed E-state index contributed by atoms with van der Waals surface area (Å²) in [6.45, 7) is 1.79. The van der Waals surface area contributed by atoms with Crippen LogP contribution in [0.2, 0.25) is 0 Å². The van der Waals surface area contributed by atoms with Crippen LogP contribution >= 0.6 is 11.8 Å². The van der Waals surface area contributed by atoms with Crippen LogP contribution in [-0.2, 0) is 11.0 Å². The molecule has 2 heterocycles. The second-order valence-corrected chi connectivity index (χ2v) is 11.0. The van der Waals surface area contributed by atoms with Crippen LogP contribution in [0.25, 0.3) is 10.9 Å². The van der Waals surface area contributed by atoms with E-state index in [1.165, 1.54) is 12.1 Å². The maximum atomic E-state index is 15.5. The molecule has 1 aliphatic rings. The number of carboxylic acid groups (broad SMARTS) is 1. The molecule has 0 aliphatic carbocycles. The average molecular weight is 565 g/mol. The Balaban J connectivity index is 1.35. The van der Waals surface area contributed by atoms with E-state index in [2.05, 4.69) is 9.88 Å². The molecule has 210 valence electrons. The Morgan fingerprint density at radius 2 is 2.00 bits per heavy atom. The molecule has 5 nitrogen and oxygen atoms in total. The number of rotatable bonds is 11. The Morgan fingerprint density at radius 1 is 1.21 bits per heavy atom. The minimum absolute atomic E-state index is 0.0163. The van der Waals surface area contributed by atoms with E-state index in [-0.39, 0.29) is 29.6 Å². The SMILES string of the molecule is COc1ccc2nccc(C(F)CC[C@@H]3CCN(CCSc4ccccc4C(F)(F)F)C[C@@H]3CC(=O)O)c2c1. The van der Waals surface area contributed by atoms with E-state index in [0.29, 0.717) is 54.0 Å². The number of aromatic nitrogens is 1. The van der Waals surface area contributed by atoms with Crippen molar-refractivity contribution in [2.75, 3.05) is 32.5 Å². The standard InChI is InChI=1S/C29H32F4N2O3S/c1-38-21-7-9-26-23(17-21)22(10-12-34-26)25(30)8-6-19-11-13-35(18-20(19)16-28(36)37)14-15-39-27-5-3-2-4-24(27)29(31,32)33/h2-5,7,9-10,12,17,19-20,25H,6,8,11,13-16,18H2,1H3,(H,36,37)/t19-,20+,25?/m1/s1. The highest BCUT2D eigenvalue weighted by Gasteiger charge is 2.34. The number of hydrogen-bond donors (Lipinski definition) is 1. The summed E-state index contributed by atoms with van der Waals surface area (Å²) in [5.41, 5.74) is 0.588. The summed E-state index contributed by atoms with van der Waals surface area (Å²) >= 11 is 1.16. The summed E-state index contributed by atoms with van der Waals surface area (Å²) in [5.74, 6) is 0.0900. The normalized spacial score (nSPS) is 19.2. The first-order valence-corrected chi connectivity index (χ1v) is 13.9. The van der Waals surface area contributed by atoms with Gasteiger partial charge in [-0.3, -0.25) is 9.78 Å². The van der Waals surface area contributed by atoms with E-state index in [1.54, 1.807) is 43.6 Å². The Labute approximate surface area is 229 Å². The zero-order valence-corrected chi connectivity index (χ0v) is 22.5. The monoisotopic (exact) mass is 564 g/mol. The number of ether oxygens (including phenoxy) is 1. The van der Waals surface area contributed by atoms with Gasteiger partial charge in [-0.25, -0.2) is 4.39 Å². The highest BCUT2D eigenvalue weighted by Crippen LogP contribution is 2.38. The second-order valence-electron chi connectivity index (χ2n) is 9.88. The van der Waals surface area contributed by atoms with Crippen LogP contribution in [0.15, 0.2) is 59.6 Å². The van der Waals surface area contributed by atoms with Gasteiger partial charge in [-0.05, 0) is 79.6 Å². The molecule has 1 fully saturated rings. The van der Waals surface area contributed by atoms with E-state index in [9.17, 15) is 23.1 Å². The number of aliphatic carboxylic acids is 1. The predicted molar refractivity (Wildman–Crippen MR) is 144 cm³/mol. The number of piperidine rings is 1. The molecule has 3 aromatic rings. The fourth-order valence-corrected chi connectivity index (χ4v) is 6.45. The molecule has 2 aromatic carbocycles. The lowest BCUT2D eigenvalue weighted by Gasteiger charge is -2.38. The number of benzene rings is 2. The maximum absolute atomic E-state index is 15.5. The third-order valence-corrected chi connectivity index (χ3v) is 8.43. The van der Waals surface area contributed by atoms with Crippen molar-refractivity contribution in [3.8, 4) is 5.75 Å². The molecule has 10 heteroatoms. The highest BCUT2D eigenvalue weighted by molar-refractivity contribution is 7.99. The Hall–Kier alpha value is -2.85. The number of pyridine rings is 1. The van der Waals surface area contributed by atoms with Crippen molar-refractivity contribution in [3.63, 3.8) is 0 Å². The average Bonchev–Trinajstić information content (AvgIpc) is 2.91. The van der Waals surface area contributed by atoms with Crippen LogP contribution < -0.4 is 4.74 Å². The van der Waals surface area contributed by atoms with Crippen LogP contribution in [-0.4, -0.2) is 53.5 Å². The fraction of sp³-hybridized carbons (Fsp3) is 0.448. The number of methoxy groups -OCH3 is 1. The number of carboxylic acids is 1. The maximum Gasteiger partial charge on any atom is 0.417 e. The largest absolute Gasteiger partial charge is 0.497 e. The number of nitrogens with zero attached hydrogens (tertiary/aromatic N) is 2. The molecule has 1 unspecified atom stereocenters. The van der Waals surface area contributed by atoms with E-state index in [4.69, 9.17) is 4.74 Å². The third kappa shape index (κ3) is 7.63. The van der Waals surface area contributed by atoms with Crippen molar-refractivity contribution >= 4 is 28.6 Å². The van der Waals surface area contributed by atoms with Crippen LogP contribution in [0, 0.1) is 11.8 Å². The van der Waals surface area contributed by atoms with Gasteiger partial charge in [0.25, 0.3) is 0 Å². The van der Waals surface area contributed by atoms with E-state index >= 15 is 4.39 Å². The first kappa shape index (κ1) is 29.1. The first-order valence-electron chi connectivity index (χ1n) is 13.0. The Morgan fingerprint density at radius 3 is 2.74 bits per heavy atom. The van der Waals surface area contributed by atoms with Crippen molar-refractivity contribution in [3.05, 3.63) is 65.9 Å². The van der Waals surface area contributed by atoms with Gasteiger partial charge >= 0.3 is 12.1 Å². The number of carbonyl (C=O) groups is 1. The zero-order valence-electron chi connectivity index (χ0n) is 21.7. The minimum atomic E-state index is -4.41. The van der Waals surface area contributed by atoms with Crippen molar-refractivity contribution in [1.82, 2.24) is 9.88 Å². The first-order chi connectivity index (χ1) is 18.7. The quantitative estimate of drug-likeness (QED) is 0.195. The molecule has 0 radical (unpaired) electrons. The number of fused-ring (bicyclic) bond motifs is 1. The van der Waals surface area contributed by atoms with Gasteiger partial charge in [0.2, 0.25) is 0 Å². The number of thioether (sulfide) groups is 1. The summed E-state index contributed by atoms with van der Waals surface area (Å²) in [5, 5.41) is 10.2. The van der Waals surface area contributed by atoms with Gasteiger partial charge in [0.1, 0.15) is 11.9 Å². The molecule has 4 rings (SSSR count). The smallest absolute Gasteiger partial charge is 0.417 e. The van der Waals surface area contributed by atoms with Gasteiger partial charge in [0.15, 0.2) is 0 Å². The number of halogens is 4. The Kier molecular flexibility index (Phi) is 9.71. The predicted octanol–water partition coefficient (Wildman–Crippen LogP) is 7.26. The summed E-state index contributed by atoms with van der Waals surface area (Å²) < 4.78 is 60.6. The molecule has 3 atom stereocenters. The highest BCUT2D eigenvalue weighted by atomic mass is 32.2. The van der Waals surface area contributed by atoms with Gasteiger partial charge in [-0.15, -0.1) is 11.8 Å².